The highest BCUT2D eigenvalue weighted by molar-refractivity contribution is 7.98. The second-order valence-electron chi connectivity index (χ2n) is 5.33. The van der Waals surface area contributed by atoms with E-state index in [4.69, 9.17) is 4.74 Å². The van der Waals surface area contributed by atoms with Crippen LogP contribution in [0.15, 0.2) is 41.3 Å². The molecule has 0 saturated carbocycles. The Morgan fingerprint density at radius 1 is 1.14 bits per heavy atom. The van der Waals surface area contributed by atoms with Gasteiger partial charge in [0, 0.05) is 21.2 Å². The second-order valence-corrected chi connectivity index (χ2v) is 7.43. The minimum atomic E-state index is 0.645. The van der Waals surface area contributed by atoms with Crippen molar-refractivity contribution < 1.29 is 4.74 Å². The van der Waals surface area contributed by atoms with Gasteiger partial charge in [-0.25, -0.2) is 0 Å². The van der Waals surface area contributed by atoms with Gasteiger partial charge in [-0.1, -0.05) is 26.0 Å². The van der Waals surface area contributed by atoms with Gasteiger partial charge >= 0.3 is 0 Å². The summed E-state index contributed by atoms with van der Waals surface area (Å²) in [6.45, 7) is 7.11. The molecule has 2 aromatic rings. The number of nitrogens with one attached hydrogen (secondary N) is 1. The van der Waals surface area contributed by atoms with E-state index in [9.17, 15) is 0 Å². The lowest BCUT2D eigenvalue weighted by molar-refractivity contribution is 0.302. The summed E-state index contributed by atoms with van der Waals surface area (Å²) >= 11 is 3.54. The van der Waals surface area contributed by atoms with Gasteiger partial charge in [-0.2, -0.15) is 0 Å². The van der Waals surface area contributed by atoms with Gasteiger partial charge in [-0.15, -0.1) is 23.1 Å². The van der Waals surface area contributed by atoms with Crippen LogP contribution in [0.5, 0.6) is 5.75 Å². The topological polar surface area (TPSA) is 21.3 Å². The van der Waals surface area contributed by atoms with Crippen LogP contribution in [0.4, 0.5) is 0 Å². The number of hydrogen-bond donors (Lipinski definition) is 1. The van der Waals surface area contributed by atoms with Crippen molar-refractivity contribution in [2.45, 2.75) is 31.9 Å². The van der Waals surface area contributed by atoms with Gasteiger partial charge in [0.15, 0.2) is 0 Å². The highest BCUT2D eigenvalue weighted by Gasteiger charge is 2.04. The molecule has 21 heavy (non-hydrogen) atoms. The van der Waals surface area contributed by atoms with Crippen molar-refractivity contribution in [1.82, 2.24) is 5.32 Å². The molecule has 114 valence electrons. The Morgan fingerprint density at radius 2 is 1.90 bits per heavy atom. The Kier molecular flexibility index (Phi) is 6.61. The smallest absolute Gasteiger partial charge is 0.133 e. The first-order chi connectivity index (χ1) is 10.2. The Bertz CT molecular complexity index is 551. The molecule has 1 aromatic carbocycles. The molecular formula is C17H23NOS2. The zero-order chi connectivity index (χ0) is 15.1. The van der Waals surface area contributed by atoms with Crippen LogP contribution in [0.2, 0.25) is 0 Å². The minimum absolute atomic E-state index is 0.645. The van der Waals surface area contributed by atoms with E-state index in [0.717, 1.165) is 18.8 Å². The first-order valence-electron chi connectivity index (χ1n) is 7.23. The first kappa shape index (κ1) is 16.4. The summed E-state index contributed by atoms with van der Waals surface area (Å²) in [6, 6.07) is 12.5. The van der Waals surface area contributed by atoms with E-state index < -0.39 is 0 Å². The maximum atomic E-state index is 5.94. The highest BCUT2D eigenvalue weighted by Crippen LogP contribution is 2.28. The van der Waals surface area contributed by atoms with Crippen molar-refractivity contribution in [3.63, 3.8) is 0 Å². The third-order valence-corrected chi connectivity index (χ3v) is 4.84. The third kappa shape index (κ3) is 5.38. The molecule has 0 bridgehead atoms. The van der Waals surface area contributed by atoms with Gasteiger partial charge in [0.05, 0.1) is 0 Å². The largest absolute Gasteiger partial charge is 0.487 e. The van der Waals surface area contributed by atoms with E-state index in [0.29, 0.717) is 12.5 Å². The summed E-state index contributed by atoms with van der Waals surface area (Å²) in [5, 5.41) is 3.47. The molecule has 0 aliphatic heterocycles. The number of hydrogen-bond acceptors (Lipinski definition) is 4. The molecule has 0 unspecified atom stereocenters. The minimum Gasteiger partial charge on any atom is -0.487 e. The van der Waals surface area contributed by atoms with Gasteiger partial charge in [0.2, 0.25) is 0 Å². The number of thiophene rings is 1. The zero-order valence-corrected chi connectivity index (χ0v) is 14.5. The Hall–Kier alpha value is -0.970. The Labute approximate surface area is 135 Å². The van der Waals surface area contributed by atoms with E-state index in [1.54, 1.807) is 11.8 Å². The van der Waals surface area contributed by atoms with Crippen molar-refractivity contribution >= 4 is 23.1 Å². The van der Waals surface area contributed by atoms with Crippen molar-refractivity contribution in [3.8, 4) is 5.75 Å². The Morgan fingerprint density at radius 3 is 2.67 bits per heavy atom. The number of ether oxygens (including phenoxy) is 1. The third-order valence-electron chi connectivity index (χ3n) is 3.01. The van der Waals surface area contributed by atoms with Crippen LogP contribution in [0.3, 0.4) is 0 Å². The van der Waals surface area contributed by atoms with Gasteiger partial charge in [0.1, 0.15) is 12.4 Å². The van der Waals surface area contributed by atoms with Crippen molar-refractivity contribution in [1.29, 1.82) is 0 Å². The summed E-state index contributed by atoms with van der Waals surface area (Å²) in [4.78, 5) is 3.83. The summed E-state index contributed by atoms with van der Waals surface area (Å²) in [6.07, 6.45) is 2.08. The van der Waals surface area contributed by atoms with Crippen molar-refractivity contribution in [3.05, 3.63) is 46.2 Å². The number of para-hydroxylation sites is 1. The average molecular weight is 322 g/mol. The van der Waals surface area contributed by atoms with Crippen molar-refractivity contribution in [2.24, 2.45) is 5.92 Å². The predicted octanol–water partition coefficient (Wildman–Crippen LogP) is 4.79. The molecule has 0 aliphatic carbocycles. The van der Waals surface area contributed by atoms with Gasteiger partial charge in [0.25, 0.3) is 0 Å². The fourth-order valence-electron chi connectivity index (χ4n) is 1.97. The quantitative estimate of drug-likeness (QED) is 0.706. The normalized spacial score (nSPS) is 11.0. The molecule has 2 rings (SSSR count). The van der Waals surface area contributed by atoms with E-state index >= 15 is 0 Å². The average Bonchev–Trinajstić information content (AvgIpc) is 2.93. The van der Waals surface area contributed by atoms with Crippen LogP contribution in [0.25, 0.3) is 0 Å². The molecule has 0 amide bonds. The van der Waals surface area contributed by atoms with Crippen LogP contribution >= 0.6 is 23.1 Å². The molecule has 1 aromatic heterocycles. The molecule has 0 aliphatic rings. The molecule has 0 spiro atoms. The number of rotatable bonds is 8. The lowest BCUT2D eigenvalue weighted by atomic mass is 10.2. The van der Waals surface area contributed by atoms with Crippen molar-refractivity contribution in [2.75, 3.05) is 12.8 Å². The highest BCUT2D eigenvalue weighted by atomic mass is 32.2. The van der Waals surface area contributed by atoms with Crippen LogP contribution in [0.1, 0.15) is 23.6 Å². The predicted molar refractivity (Wildman–Crippen MR) is 93.4 cm³/mol. The maximum Gasteiger partial charge on any atom is 0.133 e. The van der Waals surface area contributed by atoms with E-state index in [1.807, 2.05) is 29.5 Å². The van der Waals surface area contributed by atoms with E-state index in [1.165, 1.54) is 14.6 Å². The number of thioether (sulfide) groups is 1. The standard InChI is InChI=1S/C17H23NOS2/c1-13(2)10-18-11-14-8-9-15(21-14)12-19-16-6-4-5-7-17(16)20-3/h4-9,13,18H,10-12H2,1-3H3. The summed E-state index contributed by atoms with van der Waals surface area (Å²) in [5.41, 5.74) is 0. The molecule has 1 heterocycles. The maximum absolute atomic E-state index is 5.94. The SMILES string of the molecule is CSc1ccccc1OCc1ccc(CNCC(C)C)s1. The van der Waals surface area contributed by atoms with Crippen LogP contribution < -0.4 is 10.1 Å². The van der Waals surface area contributed by atoms with Crippen LogP contribution in [-0.2, 0) is 13.2 Å². The summed E-state index contributed by atoms with van der Waals surface area (Å²) in [7, 11) is 0. The van der Waals surface area contributed by atoms with Crippen LogP contribution in [0, 0.1) is 5.92 Å². The molecular weight excluding hydrogens is 298 g/mol. The molecule has 1 N–H and O–H groups in total. The molecule has 0 radical (unpaired) electrons. The van der Waals surface area contributed by atoms with E-state index in [2.05, 4.69) is 43.6 Å². The van der Waals surface area contributed by atoms with Gasteiger partial charge in [-0.3, -0.25) is 0 Å². The fourth-order valence-corrected chi connectivity index (χ4v) is 3.41. The lowest BCUT2D eigenvalue weighted by Gasteiger charge is -2.08. The first-order valence-corrected chi connectivity index (χ1v) is 9.27. The lowest BCUT2D eigenvalue weighted by Crippen LogP contribution is -2.18. The fraction of sp³-hybridized carbons (Fsp3) is 0.412. The number of benzene rings is 1. The molecule has 0 saturated heterocycles. The molecule has 0 fully saturated rings. The van der Waals surface area contributed by atoms with E-state index in [-0.39, 0.29) is 0 Å². The monoisotopic (exact) mass is 321 g/mol. The van der Waals surface area contributed by atoms with Gasteiger partial charge < -0.3 is 10.1 Å². The zero-order valence-electron chi connectivity index (χ0n) is 12.9. The molecule has 4 heteroatoms. The molecule has 0 atom stereocenters. The summed E-state index contributed by atoms with van der Waals surface area (Å²) in [5.74, 6) is 1.66. The van der Waals surface area contributed by atoms with Gasteiger partial charge in [-0.05, 0) is 43.0 Å². The molecule has 2 nitrogen and oxygen atoms in total. The van der Waals surface area contributed by atoms with Crippen LogP contribution in [-0.4, -0.2) is 12.8 Å². The Balaban J connectivity index is 1.85. The second kappa shape index (κ2) is 8.47. The summed E-state index contributed by atoms with van der Waals surface area (Å²) < 4.78 is 5.94.